The summed E-state index contributed by atoms with van der Waals surface area (Å²) in [5, 5.41) is 8.85. The van der Waals surface area contributed by atoms with Gasteiger partial charge in [0, 0.05) is 22.9 Å². The zero-order valence-corrected chi connectivity index (χ0v) is 12.6. The lowest BCUT2D eigenvalue weighted by molar-refractivity contribution is 0.0941. The Morgan fingerprint density at radius 1 is 1.32 bits per heavy atom. The Labute approximate surface area is 130 Å². The van der Waals surface area contributed by atoms with Crippen LogP contribution in [0.25, 0.3) is 11.5 Å². The van der Waals surface area contributed by atoms with Crippen LogP contribution in [-0.4, -0.2) is 17.6 Å². The molecule has 4 rings (SSSR count). The molecule has 1 fully saturated rings. The third kappa shape index (κ3) is 2.35. The number of rotatable bonds is 5. The summed E-state index contributed by atoms with van der Waals surface area (Å²) in [5.74, 6) is 0.794. The van der Waals surface area contributed by atoms with Crippen LogP contribution < -0.4 is 5.32 Å². The number of hydrogen-bond acceptors (Lipinski definition) is 5. The van der Waals surface area contributed by atoms with Crippen molar-refractivity contribution in [2.24, 2.45) is 0 Å². The maximum absolute atomic E-state index is 12.2. The summed E-state index contributed by atoms with van der Waals surface area (Å²) in [6.45, 7) is 0.634. The normalized spacial score (nSPS) is 15.6. The van der Waals surface area contributed by atoms with E-state index in [0.29, 0.717) is 18.1 Å². The SMILES string of the molecule is O=C(NCC1(c2cccs2)CC1)c1cc(-c2ccco2)on1. The Morgan fingerprint density at radius 2 is 2.23 bits per heavy atom. The lowest BCUT2D eigenvalue weighted by Crippen LogP contribution is -2.32. The average molecular weight is 314 g/mol. The van der Waals surface area contributed by atoms with E-state index in [2.05, 4.69) is 28.0 Å². The number of carbonyl (C=O) groups is 1. The molecule has 0 atom stereocenters. The first kappa shape index (κ1) is 13.3. The number of furan rings is 1. The fourth-order valence-corrected chi connectivity index (χ4v) is 3.49. The van der Waals surface area contributed by atoms with E-state index in [9.17, 15) is 4.79 Å². The molecule has 0 aromatic carbocycles. The van der Waals surface area contributed by atoms with E-state index < -0.39 is 0 Å². The van der Waals surface area contributed by atoms with Crippen molar-refractivity contribution in [3.63, 3.8) is 0 Å². The average Bonchev–Trinajstić information content (AvgIpc) is 3.07. The maximum atomic E-state index is 12.2. The summed E-state index contributed by atoms with van der Waals surface area (Å²) in [7, 11) is 0. The molecule has 1 amide bonds. The Morgan fingerprint density at radius 3 is 2.91 bits per heavy atom. The number of amides is 1. The van der Waals surface area contributed by atoms with Gasteiger partial charge < -0.3 is 14.3 Å². The number of nitrogens with one attached hydrogen (secondary N) is 1. The lowest BCUT2D eigenvalue weighted by atomic mass is 10.1. The molecule has 1 saturated carbocycles. The van der Waals surface area contributed by atoms with Gasteiger partial charge in [0.2, 0.25) is 5.76 Å². The van der Waals surface area contributed by atoms with Crippen molar-refractivity contribution in [2.45, 2.75) is 18.3 Å². The topological polar surface area (TPSA) is 68.3 Å². The van der Waals surface area contributed by atoms with Crippen LogP contribution in [0.4, 0.5) is 0 Å². The maximum Gasteiger partial charge on any atom is 0.273 e. The molecule has 0 bridgehead atoms. The zero-order valence-electron chi connectivity index (χ0n) is 11.7. The molecule has 5 nitrogen and oxygen atoms in total. The molecule has 0 saturated heterocycles. The molecule has 6 heteroatoms. The smallest absolute Gasteiger partial charge is 0.273 e. The first-order valence-electron chi connectivity index (χ1n) is 7.10. The highest BCUT2D eigenvalue weighted by molar-refractivity contribution is 7.10. The summed E-state index contributed by atoms with van der Waals surface area (Å²) in [5.41, 5.74) is 0.394. The monoisotopic (exact) mass is 314 g/mol. The molecule has 3 aromatic rings. The van der Waals surface area contributed by atoms with Gasteiger partial charge in [-0.2, -0.15) is 0 Å². The highest BCUT2D eigenvalue weighted by Crippen LogP contribution is 2.49. The van der Waals surface area contributed by atoms with E-state index in [1.165, 1.54) is 4.88 Å². The Hall–Kier alpha value is -2.34. The third-order valence-corrected chi connectivity index (χ3v) is 5.11. The standard InChI is InChI=1S/C16H14N2O3S/c19-15(11-9-13(21-18-11)12-3-1-7-20-12)17-10-16(5-6-16)14-4-2-8-22-14/h1-4,7-9H,5-6,10H2,(H,17,19). The second kappa shape index (κ2) is 5.14. The molecule has 0 aliphatic heterocycles. The largest absolute Gasteiger partial charge is 0.461 e. The van der Waals surface area contributed by atoms with Crippen LogP contribution in [0.5, 0.6) is 0 Å². The van der Waals surface area contributed by atoms with Gasteiger partial charge in [-0.15, -0.1) is 11.3 Å². The summed E-state index contributed by atoms with van der Waals surface area (Å²) in [4.78, 5) is 13.5. The van der Waals surface area contributed by atoms with Gasteiger partial charge in [-0.05, 0) is 36.4 Å². The highest BCUT2D eigenvalue weighted by Gasteiger charge is 2.45. The van der Waals surface area contributed by atoms with Crippen molar-refractivity contribution in [2.75, 3.05) is 6.54 Å². The minimum Gasteiger partial charge on any atom is -0.461 e. The van der Waals surface area contributed by atoms with Crippen molar-refractivity contribution in [1.29, 1.82) is 0 Å². The molecular formula is C16H14N2O3S. The van der Waals surface area contributed by atoms with Gasteiger partial charge >= 0.3 is 0 Å². The number of nitrogens with zero attached hydrogens (tertiary/aromatic N) is 1. The molecule has 22 heavy (non-hydrogen) atoms. The van der Waals surface area contributed by atoms with Crippen LogP contribution in [0.1, 0.15) is 28.2 Å². The van der Waals surface area contributed by atoms with E-state index in [1.54, 1.807) is 35.8 Å². The molecular weight excluding hydrogens is 300 g/mol. The fraction of sp³-hybridized carbons (Fsp3) is 0.250. The van der Waals surface area contributed by atoms with Crippen LogP contribution in [0.15, 0.2) is 50.9 Å². The number of aromatic nitrogens is 1. The van der Waals surface area contributed by atoms with E-state index in [0.717, 1.165) is 12.8 Å². The Balaban J connectivity index is 1.43. The first-order valence-corrected chi connectivity index (χ1v) is 7.98. The molecule has 0 spiro atoms. The van der Waals surface area contributed by atoms with E-state index >= 15 is 0 Å². The molecule has 1 aliphatic rings. The molecule has 1 N–H and O–H groups in total. The first-order chi connectivity index (χ1) is 10.8. The van der Waals surface area contributed by atoms with Crippen LogP contribution >= 0.6 is 11.3 Å². The Kier molecular flexibility index (Phi) is 3.11. The third-order valence-electron chi connectivity index (χ3n) is 3.99. The number of thiophene rings is 1. The van der Waals surface area contributed by atoms with Gasteiger partial charge in [-0.25, -0.2) is 0 Å². The number of carbonyl (C=O) groups excluding carboxylic acids is 1. The second-order valence-corrected chi connectivity index (χ2v) is 6.44. The van der Waals surface area contributed by atoms with Gasteiger partial charge in [-0.1, -0.05) is 11.2 Å². The van der Waals surface area contributed by atoms with Crippen LogP contribution in [0, 0.1) is 0 Å². The van der Waals surface area contributed by atoms with Crippen LogP contribution in [0.3, 0.4) is 0 Å². The van der Waals surface area contributed by atoms with Crippen molar-refractivity contribution in [1.82, 2.24) is 10.5 Å². The second-order valence-electron chi connectivity index (χ2n) is 5.49. The van der Waals surface area contributed by atoms with Crippen molar-refractivity contribution in [3.05, 3.63) is 52.5 Å². The quantitative estimate of drug-likeness (QED) is 0.783. The minimum atomic E-state index is -0.218. The zero-order chi connectivity index (χ0) is 15.0. The van der Waals surface area contributed by atoms with Gasteiger partial charge in [0.15, 0.2) is 11.5 Å². The molecule has 0 unspecified atom stereocenters. The van der Waals surface area contributed by atoms with E-state index in [1.807, 2.05) is 0 Å². The van der Waals surface area contributed by atoms with Crippen LogP contribution in [0.2, 0.25) is 0 Å². The van der Waals surface area contributed by atoms with E-state index in [-0.39, 0.29) is 17.0 Å². The molecule has 1 aliphatic carbocycles. The molecule has 3 aromatic heterocycles. The van der Waals surface area contributed by atoms with E-state index in [4.69, 9.17) is 8.94 Å². The fourth-order valence-electron chi connectivity index (χ4n) is 2.50. The molecule has 3 heterocycles. The Bertz CT molecular complexity index is 770. The summed E-state index contributed by atoms with van der Waals surface area (Å²) in [6.07, 6.45) is 3.78. The van der Waals surface area contributed by atoms with Gasteiger partial charge in [-0.3, -0.25) is 4.79 Å². The summed E-state index contributed by atoms with van der Waals surface area (Å²) >= 11 is 1.74. The van der Waals surface area contributed by atoms with Crippen LogP contribution in [-0.2, 0) is 5.41 Å². The van der Waals surface area contributed by atoms with Crippen molar-refractivity contribution >= 4 is 17.2 Å². The lowest BCUT2D eigenvalue weighted by Gasteiger charge is -2.13. The highest BCUT2D eigenvalue weighted by atomic mass is 32.1. The van der Waals surface area contributed by atoms with Gasteiger partial charge in [0.1, 0.15) is 0 Å². The predicted octanol–water partition coefficient (Wildman–Crippen LogP) is 3.46. The molecule has 0 radical (unpaired) electrons. The van der Waals surface area contributed by atoms with Crippen molar-refractivity contribution < 1.29 is 13.7 Å². The van der Waals surface area contributed by atoms with Crippen molar-refractivity contribution in [3.8, 4) is 11.5 Å². The molecule has 112 valence electrons. The minimum absolute atomic E-state index is 0.122. The predicted molar refractivity (Wildman–Crippen MR) is 81.8 cm³/mol. The van der Waals surface area contributed by atoms with Gasteiger partial charge in [0.05, 0.1) is 6.26 Å². The summed E-state index contributed by atoms with van der Waals surface area (Å²) in [6, 6.07) is 9.30. The van der Waals surface area contributed by atoms with Gasteiger partial charge in [0.25, 0.3) is 5.91 Å². The summed E-state index contributed by atoms with van der Waals surface area (Å²) < 4.78 is 10.4. The number of hydrogen-bond donors (Lipinski definition) is 1.